The van der Waals surface area contributed by atoms with Gasteiger partial charge in [0.15, 0.2) is 11.6 Å². The van der Waals surface area contributed by atoms with Crippen molar-refractivity contribution in [2.75, 3.05) is 18.5 Å². The third-order valence-corrected chi connectivity index (χ3v) is 9.76. The lowest BCUT2D eigenvalue weighted by molar-refractivity contribution is -0.132. The van der Waals surface area contributed by atoms with Gasteiger partial charge in [-0.05, 0) is 74.4 Å². The molecule has 2 unspecified atom stereocenters. The number of hydrogen-bond donors (Lipinski definition) is 1. The molecule has 1 aromatic carbocycles. The molecule has 0 bridgehead atoms. The number of pyridine rings is 3. The molecule has 0 saturated heterocycles. The number of alkyl halides is 1. The lowest BCUT2D eigenvalue weighted by Gasteiger charge is -2.21. The topological polar surface area (TPSA) is 138 Å². The van der Waals surface area contributed by atoms with E-state index in [4.69, 9.17) is 9.72 Å². The summed E-state index contributed by atoms with van der Waals surface area (Å²) < 4.78 is 23.6. The molecule has 2 aliphatic rings. The van der Waals surface area contributed by atoms with Crippen LogP contribution in [-0.2, 0) is 34.2 Å². The zero-order valence-corrected chi connectivity index (χ0v) is 28.6. The van der Waals surface area contributed by atoms with Crippen LogP contribution in [0.4, 0.5) is 10.1 Å². The quantitative estimate of drug-likeness (QED) is 0.0837. The maximum atomic E-state index is 14.9. The second kappa shape index (κ2) is 15.0. The number of imidazole rings is 1. The summed E-state index contributed by atoms with van der Waals surface area (Å²) in [6, 6.07) is 13.0. The van der Waals surface area contributed by atoms with Crippen LogP contribution in [-0.4, -0.2) is 66.9 Å². The minimum atomic E-state index is -1.30. The summed E-state index contributed by atoms with van der Waals surface area (Å²) in [6.45, 7) is 0.195. The normalized spacial score (nSPS) is 16.9. The van der Waals surface area contributed by atoms with E-state index in [0.29, 0.717) is 49.4 Å². The number of nitrogens with zero attached hydrogens (tertiary/aromatic N) is 5. The van der Waals surface area contributed by atoms with Crippen LogP contribution in [0, 0.1) is 0 Å². The number of carbonyl (C=O) groups excluding carboxylic acids is 3. The fraction of sp³-hybridized carbons (Fsp3) is 0.410. The number of rotatable bonds is 15. The molecule has 4 heterocycles. The van der Waals surface area contributed by atoms with E-state index in [9.17, 15) is 23.6 Å². The molecule has 0 spiro atoms. The summed E-state index contributed by atoms with van der Waals surface area (Å²) in [5.41, 5.74) is 5.78. The van der Waals surface area contributed by atoms with Gasteiger partial charge in [-0.15, -0.1) is 0 Å². The van der Waals surface area contributed by atoms with Crippen molar-refractivity contribution in [1.29, 1.82) is 0 Å². The summed E-state index contributed by atoms with van der Waals surface area (Å²) >= 11 is 0. The number of para-hydroxylation sites is 1. The number of carbonyl (C=O) groups is 3. The molecule has 1 N–H and O–H groups in total. The second-order valence-corrected chi connectivity index (χ2v) is 13.7. The first-order valence-corrected chi connectivity index (χ1v) is 17.7. The number of nitrogens with one attached hydrogen (secondary N) is 1. The van der Waals surface area contributed by atoms with Crippen molar-refractivity contribution in [3.63, 3.8) is 0 Å². The Morgan fingerprint density at radius 1 is 1.08 bits per heavy atom. The Hall–Kier alpha value is -5.10. The van der Waals surface area contributed by atoms with Crippen molar-refractivity contribution in [2.45, 2.75) is 82.5 Å². The molecule has 0 radical (unpaired) electrons. The molecular formula is C39H41FN6O5. The third-order valence-electron chi connectivity index (χ3n) is 9.76. The molecule has 51 heavy (non-hydrogen) atoms. The van der Waals surface area contributed by atoms with Gasteiger partial charge in [-0.3, -0.25) is 38.5 Å². The molecule has 0 amide bonds. The Morgan fingerprint density at radius 3 is 2.76 bits per heavy atom. The van der Waals surface area contributed by atoms with Gasteiger partial charge in [-0.1, -0.05) is 12.1 Å². The number of aromatic nitrogens is 5. The summed E-state index contributed by atoms with van der Waals surface area (Å²) in [4.78, 5) is 64.3. The summed E-state index contributed by atoms with van der Waals surface area (Å²) in [7, 11) is 1.69. The monoisotopic (exact) mass is 692 g/mol. The molecule has 2 atom stereocenters. The van der Waals surface area contributed by atoms with E-state index < -0.39 is 12.2 Å². The number of Topliss-reactive ketones (excluding diaryl/α,β-unsaturated/α-hetero) is 3. The van der Waals surface area contributed by atoms with Crippen molar-refractivity contribution >= 4 is 45.0 Å². The van der Waals surface area contributed by atoms with Gasteiger partial charge in [0, 0.05) is 80.0 Å². The fourth-order valence-electron chi connectivity index (χ4n) is 6.91. The number of ketones is 3. The smallest absolute Gasteiger partial charge is 0.329 e. The zero-order valence-electron chi connectivity index (χ0n) is 28.6. The van der Waals surface area contributed by atoms with Gasteiger partial charge in [-0.25, -0.2) is 9.18 Å². The summed E-state index contributed by atoms with van der Waals surface area (Å²) in [5.74, 6) is -0.477. The van der Waals surface area contributed by atoms with Crippen molar-refractivity contribution in [2.24, 2.45) is 7.05 Å². The highest BCUT2D eigenvalue weighted by molar-refractivity contribution is 6.03. The lowest BCUT2D eigenvalue weighted by Crippen LogP contribution is -2.34. The predicted octanol–water partition coefficient (Wildman–Crippen LogP) is 5.66. The number of halogens is 1. The number of anilines is 1. The maximum absolute atomic E-state index is 14.9. The minimum absolute atomic E-state index is 0.0375. The largest absolute Gasteiger partial charge is 0.382 e. The van der Waals surface area contributed by atoms with Gasteiger partial charge in [0.05, 0.1) is 41.2 Å². The van der Waals surface area contributed by atoms with E-state index in [1.165, 1.54) is 4.57 Å². The molecular weight excluding hydrogens is 651 g/mol. The first-order valence-electron chi connectivity index (χ1n) is 17.7. The maximum Gasteiger partial charge on any atom is 0.329 e. The zero-order chi connectivity index (χ0) is 35.5. The van der Waals surface area contributed by atoms with E-state index in [-0.39, 0.29) is 55.3 Å². The molecule has 4 aromatic heterocycles. The lowest BCUT2D eigenvalue weighted by atomic mass is 9.92. The fourth-order valence-corrected chi connectivity index (χ4v) is 6.91. The number of ether oxygens (including phenoxy) is 1. The Balaban J connectivity index is 0.907. The second-order valence-electron chi connectivity index (χ2n) is 13.7. The van der Waals surface area contributed by atoms with Crippen LogP contribution in [0.3, 0.4) is 0 Å². The number of benzene rings is 1. The van der Waals surface area contributed by atoms with Gasteiger partial charge in [0.25, 0.3) is 0 Å². The van der Waals surface area contributed by atoms with Gasteiger partial charge in [-0.2, -0.15) is 0 Å². The molecule has 2 aliphatic carbocycles. The third kappa shape index (κ3) is 7.80. The molecule has 0 aliphatic heterocycles. The average molecular weight is 693 g/mol. The molecule has 2 fully saturated rings. The van der Waals surface area contributed by atoms with Crippen LogP contribution in [0.25, 0.3) is 21.9 Å². The highest BCUT2D eigenvalue weighted by Gasteiger charge is 2.32. The predicted molar refractivity (Wildman–Crippen MR) is 191 cm³/mol. The minimum Gasteiger partial charge on any atom is -0.382 e. The molecule has 5 aromatic rings. The SMILES string of the molecule is Cn1c(=O)n(C2CCC(=O)CC2=O)c2cccc(CCCOCC(F)CCC(=O)c3cnc(Cc4ccc5cnccc5n4)cc3NC3CC3)c21. The Bertz CT molecular complexity index is 2170. The Kier molecular flexibility index (Phi) is 10.1. The highest BCUT2D eigenvalue weighted by Crippen LogP contribution is 2.30. The standard InChI is InChI=1S/C39H41FN6O5/c1-45-38-24(4-2-6-35(38)46(39(45)50)34-13-12-30(47)20-37(34)49)5-3-17-51-23-26(40)8-14-36(48)31-22-42-29(19-33(31)43-27-10-11-27)18-28-9-7-25-21-41-16-15-32(25)44-28/h2,4,6-7,9,15-16,19,21-22,26-27,34H,3,5,8,10-14,17-18,20,23H2,1H3,(H,42,43). The van der Waals surface area contributed by atoms with Gasteiger partial charge < -0.3 is 10.1 Å². The van der Waals surface area contributed by atoms with E-state index in [2.05, 4.69) is 15.3 Å². The van der Waals surface area contributed by atoms with E-state index in [0.717, 1.165) is 51.9 Å². The molecule has 2 saturated carbocycles. The number of aryl methyl sites for hydroxylation is 2. The number of fused-ring (bicyclic) bond motifs is 2. The van der Waals surface area contributed by atoms with Gasteiger partial charge in [0.1, 0.15) is 12.0 Å². The van der Waals surface area contributed by atoms with E-state index in [1.54, 1.807) is 30.2 Å². The van der Waals surface area contributed by atoms with Gasteiger partial charge in [0.2, 0.25) is 0 Å². The summed E-state index contributed by atoms with van der Waals surface area (Å²) in [6.07, 6.45) is 8.13. The van der Waals surface area contributed by atoms with Crippen molar-refractivity contribution in [1.82, 2.24) is 24.1 Å². The molecule has 11 nitrogen and oxygen atoms in total. The van der Waals surface area contributed by atoms with Crippen LogP contribution < -0.4 is 11.0 Å². The number of hydrogen-bond acceptors (Lipinski definition) is 9. The molecule has 264 valence electrons. The Morgan fingerprint density at radius 2 is 1.94 bits per heavy atom. The molecule has 12 heteroatoms. The first kappa shape index (κ1) is 34.4. The van der Waals surface area contributed by atoms with Crippen LogP contribution >= 0.6 is 0 Å². The first-order chi connectivity index (χ1) is 24.7. The van der Waals surface area contributed by atoms with Crippen molar-refractivity contribution < 1.29 is 23.5 Å². The van der Waals surface area contributed by atoms with E-state index >= 15 is 0 Å². The molecule has 7 rings (SSSR count). The van der Waals surface area contributed by atoms with Crippen LogP contribution in [0.1, 0.15) is 84.7 Å². The van der Waals surface area contributed by atoms with Crippen molar-refractivity contribution in [3.8, 4) is 0 Å². The van der Waals surface area contributed by atoms with E-state index in [1.807, 2.05) is 42.5 Å². The van der Waals surface area contributed by atoms with Crippen LogP contribution in [0.2, 0.25) is 0 Å². The Labute approximate surface area is 294 Å². The van der Waals surface area contributed by atoms with Crippen molar-refractivity contribution in [3.05, 3.63) is 94.1 Å². The van der Waals surface area contributed by atoms with Crippen LogP contribution in [0.5, 0.6) is 0 Å². The summed E-state index contributed by atoms with van der Waals surface area (Å²) in [5, 5.41) is 4.42. The van der Waals surface area contributed by atoms with Gasteiger partial charge >= 0.3 is 5.69 Å². The van der Waals surface area contributed by atoms with Crippen LogP contribution in [0.15, 0.2) is 65.8 Å². The highest BCUT2D eigenvalue weighted by atomic mass is 19.1. The average Bonchev–Trinajstić information content (AvgIpc) is 3.91.